The maximum Gasteiger partial charge on any atom is 0.230 e. The van der Waals surface area contributed by atoms with E-state index in [-0.39, 0.29) is 0 Å². The number of nitrogens with zero attached hydrogens (tertiary/aromatic N) is 2. The van der Waals surface area contributed by atoms with Crippen LogP contribution in [-0.2, 0) is 5.75 Å². The van der Waals surface area contributed by atoms with Crippen molar-refractivity contribution in [3.05, 3.63) is 11.7 Å². The fraction of sp³-hybridized carbons (Fsp3) is 0.833. The first-order chi connectivity index (χ1) is 8.20. The molecule has 1 aromatic rings. The van der Waals surface area contributed by atoms with E-state index >= 15 is 0 Å². The van der Waals surface area contributed by atoms with Crippen molar-refractivity contribution in [2.75, 3.05) is 6.54 Å². The van der Waals surface area contributed by atoms with Gasteiger partial charge in [0.15, 0.2) is 5.82 Å². The van der Waals surface area contributed by atoms with Crippen molar-refractivity contribution >= 4 is 11.8 Å². The highest BCUT2D eigenvalue weighted by atomic mass is 32.2. The maximum atomic E-state index is 5.77. The van der Waals surface area contributed by atoms with E-state index < -0.39 is 0 Å². The Morgan fingerprint density at radius 2 is 2.29 bits per heavy atom. The molecule has 1 heterocycles. The zero-order chi connectivity index (χ0) is 12.3. The summed E-state index contributed by atoms with van der Waals surface area (Å²) in [5.74, 6) is 3.38. The molecule has 5 heteroatoms. The first-order valence-corrected chi connectivity index (χ1v) is 7.39. The topological polar surface area (TPSA) is 64.9 Å². The maximum absolute atomic E-state index is 5.77. The summed E-state index contributed by atoms with van der Waals surface area (Å²) in [5.41, 5.74) is 5.77. The normalized spacial score (nSPS) is 24.7. The molecule has 1 aliphatic carbocycles. The van der Waals surface area contributed by atoms with Gasteiger partial charge in [0.05, 0.1) is 5.75 Å². The second-order valence-corrected chi connectivity index (χ2v) is 6.51. The standard InChI is InChI=1S/C12H21N3OS/c1-8(2)17-7-11-14-12(16-15-11)10-5-3-4-9(10)6-13/h8-10H,3-7,13H2,1-2H3. The third-order valence-corrected chi connectivity index (χ3v) is 4.40. The summed E-state index contributed by atoms with van der Waals surface area (Å²) in [4.78, 5) is 4.51. The number of aromatic nitrogens is 2. The zero-order valence-electron chi connectivity index (χ0n) is 10.6. The molecule has 1 aromatic heterocycles. The van der Waals surface area contributed by atoms with Crippen LogP contribution in [0.15, 0.2) is 4.52 Å². The van der Waals surface area contributed by atoms with E-state index in [9.17, 15) is 0 Å². The van der Waals surface area contributed by atoms with Gasteiger partial charge in [-0.1, -0.05) is 25.4 Å². The predicted molar refractivity (Wildman–Crippen MR) is 69.9 cm³/mol. The first-order valence-electron chi connectivity index (χ1n) is 6.35. The summed E-state index contributed by atoms with van der Waals surface area (Å²) in [6.07, 6.45) is 3.56. The molecule has 0 radical (unpaired) electrons. The van der Waals surface area contributed by atoms with E-state index in [4.69, 9.17) is 10.3 Å². The molecular weight excluding hydrogens is 234 g/mol. The van der Waals surface area contributed by atoms with Gasteiger partial charge in [0.2, 0.25) is 5.89 Å². The van der Waals surface area contributed by atoms with Gasteiger partial charge in [-0.25, -0.2) is 0 Å². The molecule has 0 saturated heterocycles. The number of hydrogen-bond acceptors (Lipinski definition) is 5. The Hall–Kier alpha value is -0.550. The molecule has 4 nitrogen and oxygen atoms in total. The van der Waals surface area contributed by atoms with Crippen molar-refractivity contribution in [2.24, 2.45) is 11.7 Å². The smallest absolute Gasteiger partial charge is 0.230 e. The van der Waals surface area contributed by atoms with Crippen LogP contribution >= 0.6 is 11.8 Å². The summed E-state index contributed by atoms with van der Waals surface area (Å²) in [6.45, 7) is 5.07. The molecule has 0 aromatic carbocycles. The molecule has 0 spiro atoms. The van der Waals surface area contributed by atoms with E-state index in [0.717, 1.165) is 30.4 Å². The van der Waals surface area contributed by atoms with Crippen molar-refractivity contribution in [3.63, 3.8) is 0 Å². The van der Waals surface area contributed by atoms with Gasteiger partial charge in [0, 0.05) is 5.92 Å². The largest absolute Gasteiger partial charge is 0.339 e. The van der Waals surface area contributed by atoms with Crippen LogP contribution in [0.2, 0.25) is 0 Å². The quantitative estimate of drug-likeness (QED) is 0.876. The monoisotopic (exact) mass is 255 g/mol. The highest BCUT2D eigenvalue weighted by molar-refractivity contribution is 7.99. The molecular formula is C12H21N3OS. The van der Waals surface area contributed by atoms with Gasteiger partial charge in [0.25, 0.3) is 0 Å². The molecule has 96 valence electrons. The lowest BCUT2D eigenvalue weighted by atomic mass is 9.96. The molecule has 1 aliphatic rings. The summed E-state index contributed by atoms with van der Waals surface area (Å²) in [7, 11) is 0. The lowest BCUT2D eigenvalue weighted by Crippen LogP contribution is -2.17. The molecule has 0 amide bonds. The Kier molecular flexibility index (Phi) is 4.45. The van der Waals surface area contributed by atoms with Crippen molar-refractivity contribution in [1.82, 2.24) is 10.1 Å². The second-order valence-electron chi connectivity index (χ2n) is 4.94. The van der Waals surface area contributed by atoms with Crippen molar-refractivity contribution in [3.8, 4) is 0 Å². The van der Waals surface area contributed by atoms with E-state index in [1.807, 2.05) is 11.8 Å². The minimum Gasteiger partial charge on any atom is -0.339 e. The molecule has 2 atom stereocenters. The van der Waals surface area contributed by atoms with Crippen LogP contribution in [0, 0.1) is 5.92 Å². The lowest BCUT2D eigenvalue weighted by Gasteiger charge is -2.12. The average molecular weight is 255 g/mol. The van der Waals surface area contributed by atoms with E-state index in [2.05, 4.69) is 24.0 Å². The Labute approximate surface area is 107 Å². The second kappa shape index (κ2) is 5.87. The summed E-state index contributed by atoms with van der Waals surface area (Å²) in [6, 6.07) is 0. The highest BCUT2D eigenvalue weighted by Crippen LogP contribution is 2.38. The fourth-order valence-corrected chi connectivity index (χ4v) is 2.96. The van der Waals surface area contributed by atoms with Gasteiger partial charge in [0.1, 0.15) is 0 Å². The van der Waals surface area contributed by atoms with E-state index in [0.29, 0.717) is 17.1 Å². The number of thioether (sulfide) groups is 1. The first kappa shape index (κ1) is 12.9. The van der Waals surface area contributed by atoms with Gasteiger partial charge in [-0.05, 0) is 30.6 Å². The highest BCUT2D eigenvalue weighted by Gasteiger charge is 2.31. The van der Waals surface area contributed by atoms with Crippen LogP contribution in [0.4, 0.5) is 0 Å². The van der Waals surface area contributed by atoms with E-state index in [1.165, 1.54) is 12.8 Å². The zero-order valence-corrected chi connectivity index (χ0v) is 11.4. The minimum atomic E-state index is 0.394. The molecule has 1 saturated carbocycles. The third kappa shape index (κ3) is 3.22. The van der Waals surface area contributed by atoms with Gasteiger partial charge < -0.3 is 10.3 Å². The Balaban J connectivity index is 1.97. The Morgan fingerprint density at radius 3 is 3.00 bits per heavy atom. The Morgan fingerprint density at radius 1 is 1.47 bits per heavy atom. The molecule has 2 unspecified atom stereocenters. The van der Waals surface area contributed by atoms with Crippen LogP contribution in [0.5, 0.6) is 0 Å². The van der Waals surface area contributed by atoms with Crippen LogP contribution in [0.1, 0.15) is 50.7 Å². The fourth-order valence-electron chi connectivity index (χ4n) is 2.36. The summed E-state index contributed by atoms with van der Waals surface area (Å²) >= 11 is 1.84. The van der Waals surface area contributed by atoms with E-state index in [1.54, 1.807) is 0 Å². The Bertz CT molecular complexity index is 353. The van der Waals surface area contributed by atoms with Crippen molar-refractivity contribution in [2.45, 2.75) is 50.0 Å². The van der Waals surface area contributed by atoms with Crippen LogP contribution in [0.3, 0.4) is 0 Å². The number of hydrogen-bond donors (Lipinski definition) is 1. The van der Waals surface area contributed by atoms with Crippen LogP contribution in [-0.4, -0.2) is 21.9 Å². The van der Waals surface area contributed by atoms with Crippen molar-refractivity contribution in [1.29, 1.82) is 0 Å². The predicted octanol–water partition coefficient (Wildman–Crippen LogP) is 2.55. The van der Waals surface area contributed by atoms with Gasteiger partial charge in [-0.15, -0.1) is 0 Å². The third-order valence-electron chi connectivity index (χ3n) is 3.31. The average Bonchev–Trinajstić information content (AvgIpc) is 2.94. The molecule has 2 rings (SSSR count). The van der Waals surface area contributed by atoms with Gasteiger partial charge >= 0.3 is 0 Å². The minimum absolute atomic E-state index is 0.394. The number of nitrogens with two attached hydrogens (primary N) is 1. The number of rotatable bonds is 5. The van der Waals surface area contributed by atoms with Crippen LogP contribution in [0.25, 0.3) is 0 Å². The molecule has 17 heavy (non-hydrogen) atoms. The summed E-state index contributed by atoms with van der Waals surface area (Å²) in [5, 5.41) is 4.65. The SMILES string of the molecule is CC(C)SCc1noc(C2CCCC2CN)n1. The van der Waals surface area contributed by atoms with Crippen LogP contribution < -0.4 is 5.73 Å². The summed E-state index contributed by atoms with van der Waals surface area (Å²) < 4.78 is 5.38. The molecule has 0 aliphatic heterocycles. The van der Waals surface area contributed by atoms with Crippen molar-refractivity contribution < 1.29 is 4.52 Å². The van der Waals surface area contributed by atoms with Gasteiger partial charge in [-0.3, -0.25) is 0 Å². The molecule has 1 fully saturated rings. The van der Waals surface area contributed by atoms with Gasteiger partial charge in [-0.2, -0.15) is 16.7 Å². The molecule has 2 N–H and O–H groups in total. The molecule has 0 bridgehead atoms. The lowest BCUT2D eigenvalue weighted by molar-refractivity contribution is 0.324.